The molecule has 0 N–H and O–H groups in total. The summed E-state index contributed by atoms with van der Waals surface area (Å²) in [4.78, 5) is 12.5. The summed E-state index contributed by atoms with van der Waals surface area (Å²) in [6, 6.07) is 16.2. The van der Waals surface area contributed by atoms with E-state index in [1.807, 2.05) is 6.07 Å². The summed E-state index contributed by atoms with van der Waals surface area (Å²) in [7, 11) is 0. The molecule has 3 aromatic carbocycles. The van der Waals surface area contributed by atoms with Gasteiger partial charge in [0, 0.05) is 6.07 Å². The Hall–Kier alpha value is -2.82. The van der Waals surface area contributed by atoms with Crippen molar-refractivity contribution in [1.29, 1.82) is 0 Å². The summed E-state index contributed by atoms with van der Waals surface area (Å²) in [6.07, 6.45) is 1.52. The largest absolute Gasteiger partial charge is 0.489 e. The van der Waals surface area contributed by atoms with Crippen molar-refractivity contribution >= 4 is 35.1 Å². The monoisotopic (exact) mass is 414 g/mol. The lowest BCUT2D eigenvalue weighted by molar-refractivity contribution is 0.101. The number of carbonyl (C=O) groups excluding carboxylic acids is 1. The van der Waals surface area contributed by atoms with Gasteiger partial charge in [0.1, 0.15) is 23.9 Å². The predicted octanol–water partition coefficient (Wildman–Crippen LogP) is 6.33. The highest BCUT2D eigenvalue weighted by Crippen LogP contribution is 2.35. The molecular weight excluding hydrogens is 402 g/mol. The Morgan fingerprint density at radius 2 is 1.86 bits per heavy atom. The number of rotatable bonds is 4. The number of allylic oxidation sites excluding steroid dienone is 1. The lowest BCUT2D eigenvalue weighted by Gasteiger charge is -2.08. The number of hydrogen-bond donors (Lipinski definition) is 0. The second-order valence-electron chi connectivity index (χ2n) is 6.19. The Kier molecular flexibility index (Phi) is 5.07. The quantitative estimate of drug-likeness (QED) is 0.468. The molecule has 0 saturated heterocycles. The molecule has 0 amide bonds. The average molecular weight is 415 g/mol. The predicted molar refractivity (Wildman–Crippen MR) is 107 cm³/mol. The van der Waals surface area contributed by atoms with E-state index >= 15 is 0 Å². The minimum atomic E-state index is -0.379. The van der Waals surface area contributed by atoms with Crippen LogP contribution in [0.1, 0.15) is 21.5 Å². The highest BCUT2D eigenvalue weighted by Gasteiger charge is 2.27. The van der Waals surface area contributed by atoms with Gasteiger partial charge in [-0.3, -0.25) is 4.79 Å². The maximum Gasteiger partial charge on any atom is 0.231 e. The van der Waals surface area contributed by atoms with Crippen LogP contribution in [0.25, 0.3) is 6.08 Å². The van der Waals surface area contributed by atoms with E-state index in [-0.39, 0.29) is 24.0 Å². The third kappa shape index (κ3) is 3.88. The zero-order valence-corrected chi connectivity index (χ0v) is 15.9. The maximum absolute atomic E-state index is 13.3. The zero-order valence-electron chi connectivity index (χ0n) is 14.4. The summed E-state index contributed by atoms with van der Waals surface area (Å²) in [5, 5.41) is 0.935. The molecule has 3 aromatic rings. The molecule has 0 atom stereocenters. The van der Waals surface area contributed by atoms with E-state index in [0.29, 0.717) is 32.7 Å². The first kappa shape index (κ1) is 18.5. The van der Waals surface area contributed by atoms with Crippen molar-refractivity contribution < 1.29 is 18.7 Å². The maximum atomic E-state index is 13.3. The molecule has 1 heterocycles. The van der Waals surface area contributed by atoms with Crippen molar-refractivity contribution in [3.63, 3.8) is 0 Å². The Morgan fingerprint density at radius 1 is 1.00 bits per heavy atom. The van der Waals surface area contributed by atoms with E-state index in [4.69, 9.17) is 32.7 Å². The van der Waals surface area contributed by atoms with Gasteiger partial charge < -0.3 is 9.47 Å². The topological polar surface area (TPSA) is 35.5 Å². The molecular formula is C22H13Cl2FO3. The second kappa shape index (κ2) is 7.66. The molecule has 140 valence electrons. The van der Waals surface area contributed by atoms with E-state index in [1.165, 1.54) is 18.2 Å². The molecule has 0 bridgehead atoms. The third-order valence-electron chi connectivity index (χ3n) is 4.18. The smallest absolute Gasteiger partial charge is 0.231 e. The van der Waals surface area contributed by atoms with Gasteiger partial charge in [-0.2, -0.15) is 0 Å². The van der Waals surface area contributed by atoms with Gasteiger partial charge in [0.15, 0.2) is 5.76 Å². The zero-order chi connectivity index (χ0) is 19.7. The minimum Gasteiger partial charge on any atom is -0.489 e. The number of fused-ring (bicyclic) bond motifs is 1. The van der Waals surface area contributed by atoms with E-state index in [2.05, 4.69) is 0 Å². The fraction of sp³-hybridized carbons (Fsp3) is 0.0455. The molecule has 0 fully saturated rings. The van der Waals surface area contributed by atoms with Gasteiger partial charge in [0.2, 0.25) is 5.78 Å². The first-order chi connectivity index (χ1) is 13.5. The molecule has 0 saturated carbocycles. The van der Waals surface area contributed by atoms with Gasteiger partial charge in [0.25, 0.3) is 0 Å². The Morgan fingerprint density at radius 3 is 2.64 bits per heavy atom. The SMILES string of the molecule is O=C1C(=Cc2cccc(F)c2)Oc2cc(OCc3ccc(Cl)c(Cl)c3)ccc21. The van der Waals surface area contributed by atoms with Crippen molar-refractivity contribution in [3.8, 4) is 11.5 Å². The lowest BCUT2D eigenvalue weighted by atomic mass is 10.1. The van der Waals surface area contributed by atoms with Gasteiger partial charge in [-0.05, 0) is 53.6 Å². The Balaban J connectivity index is 1.51. The summed E-state index contributed by atoms with van der Waals surface area (Å²) < 4.78 is 24.8. The van der Waals surface area contributed by atoms with Gasteiger partial charge in [-0.25, -0.2) is 4.39 Å². The number of ketones is 1. The fourth-order valence-corrected chi connectivity index (χ4v) is 3.12. The molecule has 0 aliphatic carbocycles. The number of hydrogen-bond acceptors (Lipinski definition) is 3. The van der Waals surface area contributed by atoms with Crippen LogP contribution in [0.4, 0.5) is 4.39 Å². The Labute approximate surface area is 170 Å². The fourth-order valence-electron chi connectivity index (χ4n) is 2.80. The standard InChI is InChI=1S/C22H13Cl2FO3/c23-18-7-4-14(9-19(18)24)12-27-16-5-6-17-20(11-16)28-21(22(17)26)10-13-2-1-3-15(25)8-13/h1-11H,12H2. The molecule has 1 aliphatic heterocycles. The van der Waals surface area contributed by atoms with Gasteiger partial charge >= 0.3 is 0 Å². The van der Waals surface area contributed by atoms with Crippen LogP contribution in [-0.4, -0.2) is 5.78 Å². The van der Waals surface area contributed by atoms with Crippen LogP contribution in [0, 0.1) is 5.82 Å². The van der Waals surface area contributed by atoms with Crippen LogP contribution in [0.15, 0.2) is 66.4 Å². The highest BCUT2D eigenvalue weighted by molar-refractivity contribution is 6.42. The van der Waals surface area contributed by atoms with Crippen LogP contribution >= 0.6 is 23.2 Å². The summed E-state index contributed by atoms with van der Waals surface area (Å²) in [6.45, 7) is 0.287. The van der Waals surface area contributed by atoms with E-state index in [1.54, 1.807) is 42.5 Å². The molecule has 0 spiro atoms. The molecule has 28 heavy (non-hydrogen) atoms. The molecule has 3 nitrogen and oxygen atoms in total. The molecule has 1 aliphatic rings. The number of benzene rings is 3. The third-order valence-corrected chi connectivity index (χ3v) is 4.92. The first-order valence-corrected chi connectivity index (χ1v) is 9.16. The van der Waals surface area contributed by atoms with E-state index in [0.717, 1.165) is 5.56 Å². The van der Waals surface area contributed by atoms with Crippen molar-refractivity contribution in [2.45, 2.75) is 6.61 Å². The van der Waals surface area contributed by atoms with Gasteiger partial charge in [-0.15, -0.1) is 0 Å². The summed E-state index contributed by atoms with van der Waals surface area (Å²) in [5.74, 6) is 0.455. The number of halogens is 3. The van der Waals surface area contributed by atoms with Gasteiger partial charge in [0.05, 0.1) is 15.6 Å². The minimum absolute atomic E-state index is 0.141. The first-order valence-electron chi connectivity index (χ1n) is 8.40. The normalized spacial score (nSPS) is 14.1. The van der Waals surface area contributed by atoms with Crippen LogP contribution in [0.2, 0.25) is 10.0 Å². The molecule has 0 radical (unpaired) electrons. The molecule has 0 unspecified atom stereocenters. The van der Waals surface area contributed by atoms with Crippen molar-refractivity contribution in [2.75, 3.05) is 0 Å². The second-order valence-corrected chi connectivity index (χ2v) is 7.00. The van der Waals surface area contributed by atoms with E-state index in [9.17, 15) is 9.18 Å². The highest BCUT2D eigenvalue weighted by atomic mass is 35.5. The van der Waals surface area contributed by atoms with E-state index < -0.39 is 0 Å². The number of Topliss-reactive ketones (excluding diaryl/α,β-unsaturated/α-hetero) is 1. The lowest BCUT2D eigenvalue weighted by Crippen LogP contribution is -1.98. The average Bonchev–Trinajstić information content (AvgIpc) is 2.98. The van der Waals surface area contributed by atoms with Crippen LogP contribution in [0.3, 0.4) is 0 Å². The Bertz CT molecular complexity index is 1110. The number of carbonyl (C=O) groups is 1. The summed E-state index contributed by atoms with van der Waals surface area (Å²) in [5.41, 5.74) is 1.84. The number of ether oxygens (including phenoxy) is 2. The van der Waals surface area contributed by atoms with Crippen molar-refractivity contribution in [2.24, 2.45) is 0 Å². The molecule has 0 aromatic heterocycles. The van der Waals surface area contributed by atoms with Crippen LogP contribution in [-0.2, 0) is 6.61 Å². The molecule has 4 rings (SSSR count). The summed E-state index contributed by atoms with van der Waals surface area (Å²) >= 11 is 11.9. The van der Waals surface area contributed by atoms with Crippen LogP contribution in [0.5, 0.6) is 11.5 Å². The van der Waals surface area contributed by atoms with Crippen molar-refractivity contribution in [3.05, 3.63) is 99.0 Å². The van der Waals surface area contributed by atoms with Crippen LogP contribution < -0.4 is 9.47 Å². The van der Waals surface area contributed by atoms with Crippen molar-refractivity contribution in [1.82, 2.24) is 0 Å². The van der Waals surface area contributed by atoms with Gasteiger partial charge in [-0.1, -0.05) is 41.4 Å². The molecule has 6 heteroatoms.